The van der Waals surface area contributed by atoms with Crippen molar-refractivity contribution in [3.05, 3.63) is 16.3 Å². The minimum absolute atomic E-state index is 0.0135. The van der Waals surface area contributed by atoms with Crippen molar-refractivity contribution in [3.8, 4) is 0 Å². The zero-order valence-electron chi connectivity index (χ0n) is 17.5. The average Bonchev–Trinajstić information content (AvgIpc) is 2.96. The van der Waals surface area contributed by atoms with Gasteiger partial charge in [0.25, 0.3) is 0 Å². The van der Waals surface area contributed by atoms with E-state index in [0.717, 1.165) is 54.6 Å². The molecule has 1 saturated heterocycles. The zero-order chi connectivity index (χ0) is 20.3. The molecule has 1 aliphatic rings. The second-order valence-corrected chi connectivity index (χ2v) is 8.73. The van der Waals surface area contributed by atoms with Crippen molar-refractivity contribution in [1.82, 2.24) is 20.2 Å². The van der Waals surface area contributed by atoms with E-state index in [9.17, 15) is 4.79 Å². The van der Waals surface area contributed by atoms with Crippen molar-refractivity contribution in [2.45, 2.75) is 59.7 Å². The fourth-order valence-corrected chi connectivity index (χ4v) is 4.22. The molecule has 2 N–H and O–H groups in total. The predicted molar refractivity (Wildman–Crippen MR) is 114 cm³/mol. The van der Waals surface area contributed by atoms with Crippen LogP contribution in [-0.2, 0) is 16.1 Å². The molecule has 1 aliphatic heterocycles. The molecule has 0 aromatic carbocycles. The third-order valence-electron chi connectivity index (χ3n) is 5.29. The first kappa shape index (κ1) is 21.0. The lowest BCUT2D eigenvalue weighted by atomic mass is 10.2. The van der Waals surface area contributed by atoms with Gasteiger partial charge in [0.1, 0.15) is 22.5 Å². The summed E-state index contributed by atoms with van der Waals surface area (Å²) in [5, 5.41) is 7.40. The van der Waals surface area contributed by atoms with E-state index in [0.29, 0.717) is 6.54 Å². The van der Waals surface area contributed by atoms with Crippen LogP contribution in [0, 0.1) is 13.8 Å². The minimum atomic E-state index is -0.372. The standard InChI is InChI=1S/C20H31N5O2S/c1-6-12(2)21-19(26)14(4)22-18-17-13(3)15(5)28-20(17)24-16(23-18)11-25-7-9-27-10-8-25/h12,14H,6-11H2,1-5H3,(H,21,26)(H,22,23,24). The number of morpholine rings is 1. The Balaban J connectivity index is 1.86. The molecule has 0 radical (unpaired) electrons. The van der Waals surface area contributed by atoms with Crippen molar-refractivity contribution >= 4 is 33.3 Å². The highest BCUT2D eigenvalue weighted by molar-refractivity contribution is 7.18. The Hall–Kier alpha value is -1.77. The second kappa shape index (κ2) is 9.15. The quantitative estimate of drug-likeness (QED) is 0.737. The molecule has 1 amide bonds. The molecular formula is C20H31N5O2S. The SMILES string of the molecule is CCC(C)NC(=O)C(C)Nc1nc(CN2CCOCC2)nc2sc(C)c(C)c12. The number of aromatic nitrogens is 2. The minimum Gasteiger partial charge on any atom is -0.379 e. The van der Waals surface area contributed by atoms with Crippen LogP contribution >= 0.6 is 11.3 Å². The second-order valence-electron chi connectivity index (χ2n) is 7.52. The van der Waals surface area contributed by atoms with Gasteiger partial charge >= 0.3 is 0 Å². The maximum Gasteiger partial charge on any atom is 0.242 e. The van der Waals surface area contributed by atoms with Crippen molar-refractivity contribution < 1.29 is 9.53 Å². The zero-order valence-corrected chi connectivity index (χ0v) is 18.3. The van der Waals surface area contributed by atoms with E-state index < -0.39 is 0 Å². The van der Waals surface area contributed by atoms with Gasteiger partial charge in [0.2, 0.25) is 5.91 Å². The van der Waals surface area contributed by atoms with E-state index >= 15 is 0 Å². The topological polar surface area (TPSA) is 79.4 Å². The number of anilines is 1. The molecule has 0 saturated carbocycles. The third-order valence-corrected chi connectivity index (χ3v) is 6.39. The molecule has 0 bridgehead atoms. The van der Waals surface area contributed by atoms with E-state index in [-0.39, 0.29) is 18.0 Å². The van der Waals surface area contributed by atoms with Gasteiger partial charge in [0.15, 0.2) is 0 Å². The Bertz CT molecular complexity index is 832. The van der Waals surface area contributed by atoms with Crippen molar-refractivity contribution in [3.63, 3.8) is 0 Å². The first-order chi connectivity index (χ1) is 13.4. The van der Waals surface area contributed by atoms with Crippen LogP contribution in [0.25, 0.3) is 10.2 Å². The Morgan fingerprint density at radius 2 is 1.96 bits per heavy atom. The molecule has 8 heteroatoms. The first-order valence-corrected chi connectivity index (χ1v) is 10.8. The Kier molecular flexibility index (Phi) is 6.85. The number of thiophene rings is 1. The molecule has 7 nitrogen and oxygen atoms in total. The van der Waals surface area contributed by atoms with Gasteiger partial charge in [0, 0.05) is 24.0 Å². The molecule has 154 valence electrons. The molecule has 2 aromatic rings. The van der Waals surface area contributed by atoms with Crippen LogP contribution < -0.4 is 10.6 Å². The molecule has 2 atom stereocenters. The lowest BCUT2D eigenvalue weighted by Crippen LogP contribution is -2.42. The van der Waals surface area contributed by atoms with E-state index in [2.05, 4.69) is 36.3 Å². The lowest BCUT2D eigenvalue weighted by Gasteiger charge is -2.26. The Labute approximate surface area is 170 Å². The van der Waals surface area contributed by atoms with Gasteiger partial charge in [0.05, 0.1) is 25.1 Å². The Morgan fingerprint density at radius 1 is 1.25 bits per heavy atom. The van der Waals surface area contributed by atoms with Gasteiger partial charge in [-0.3, -0.25) is 9.69 Å². The fourth-order valence-electron chi connectivity index (χ4n) is 3.17. The fraction of sp³-hybridized carbons (Fsp3) is 0.650. The molecule has 2 unspecified atom stereocenters. The molecular weight excluding hydrogens is 374 g/mol. The van der Waals surface area contributed by atoms with Crippen molar-refractivity contribution in [2.75, 3.05) is 31.6 Å². The molecule has 0 spiro atoms. The van der Waals surface area contributed by atoms with Gasteiger partial charge in [-0.15, -0.1) is 11.3 Å². The molecule has 3 rings (SSSR count). The number of hydrogen-bond acceptors (Lipinski definition) is 7. The molecule has 28 heavy (non-hydrogen) atoms. The largest absolute Gasteiger partial charge is 0.379 e. The maximum absolute atomic E-state index is 12.5. The number of nitrogens with one attached hydrogen (secondary N) is 2. The number of carbonyl (C=O) groups is 1. The van der Waals surface area contributed by atoms with Crippen LogP contribution in [0.15, 0.2) is 0 Å². The normalized spacial score (nSPS) is 17.5. The summed E-state index contributed by atoms with van der Waals surface area (Å²) < 4.78 is 5.43. The van der Waals surface area contributed by atoms with Gasteiger partial charge in [-0.25, -0.2) is 9.97 Å². The van der Waals surface area contributed by atoms with Crippen LogP contribution in [0.1, 0.15) is 43.5 Å². The van der Waals surface area contributed by atoms with E-state index in [1.807, 2.05) is 13.8 Å². The smallest absolute Gasteiger partial charge is 0.242 e. The van der Waals surface area contributed by atoms with Crippen LogP contribution in [0.2, 0.25) is 0 Å². The summed E-state index contributed by atoms with van der Waals surface area (Å²) in [4.78, 5) is 26.6. The summed E-state index contributed by atoms with van der Waals surface area (Å²) in [7, 11) is 0. The van der Waals surface area contributed by atoms with Crippen LogP contribution in [-0.4, -0.2) is 59.2 Å². The van der Waals surface area contributed by atoms with Crippen LogP contribution in [0.3, 0.4) is 0 Å². The highest BCUT2D eigenvalue weighted by atomic mass is 32.1. The van der Waals surface area contributed by atoms with Gasteiger partial charge in [-0.05, 0) is 39.7 Å². The molecule has 1 fully saturated rings. The number of aryl methyl sites for hydroxylation is 2. The Morgan fingerprint density at radius 3 is 2.64 bits per heavy atom. The number of carbonyl (C=O) groups excluding carboxylic acids is 1. The van der Waals surface area contributed by atoms with Gasteiger partial charge in [-0.1, -0.05) is 6.92 Å². The van der Waals surface area contributed by atoms with Gasteiger partial charge in [-0.2, -0.15) is 0 Å². The number of amides is 1. The van der Waals surface area contributed by atoms with Gasteiger partial charge < -0.3 is 15.4 Å². The molecule has 0 aliphatic carbocycles. The summed E-state index contributed by atoms with van der Waals surface area (Å²) in [5.74, 6) is 1.52. The summed E-state index contributed by atoms with van der Waals surface area (Å²) in [6.45, 7) is 14.1. The first-order valence-electron chi connectivity index (χ1n) is 10.0. The van der Waals surface area contributed by atoms with E-state index in [4.69, 9.17) is 14.7 Å². The summed E-state index contributed by atoms with van der Waals surface area (Å²) in [5.41, 5.74) is 1.18. The number of hydrogen-bond donors (Lipinski definition) is 2. The van der Waals surface area contributed by atoms with Crippen molar-refractivity contribution in [2.24, 2.45) is 0 Å². The van der Waals surface area contributed by atoms with Crippen LogP contribution in [0.4, 0.5) is 5.82 Å². The molecule has 3 heterocycles. The highest BCUT2D eigenvalue weighted by Crippen LogP contribution is 2.33. The number of ether oxygens (including phenoxy) is 1. The van der Waals surface area contributed by atoms with E-state index in [1.54, 1.807) is 11.3 Å². The highest BCUT2D eigenvalue weighted by Gasteiger charge is 2.21. The number of rotatable bonds is 7. The maximum atomic E-state index is 12.5. The monoisotopic (exact) mass is 405 g/mol. The summed E-state index contributed by atoms with van der Waals surface area (Å²) in [6.07, 6.45) is 0.905. The predicted octanol–water partition coefficient (Wildman–Crippen LogP) is 2.86. The lowest BCUT2D eigenvalue weighted by molar-refractivity contribution is -0.122. The van der Waals surface area contributed by atoms with E-state index in [1.165, 1.54) is 10.4 Å². The van der Waals surface area contributed by atoms with Crippen molar-refractivity contribution in [1.29, 1.82) is 0 Å². The average molecular weight is 406 g/mol. The third kappa shape index (κ3) is 4.79. The molecule has 2 aromatic heterocycles. The summed E-state index contributed by atoms with van der Waals surface area (Å²) in [6, 6.07) is -0.216. The summed E-state index contributed by atoms with van der Waals surface area (Å²) >= 11 is 1.68. The number of fused-ring (bicyclic) bond motifs is 1. The number of nitrogens with zero attached hydrogens (tertiary/aromatic N) is 3. The van der Waals surface area contributed by atoms with Crippen LogP contribution in [0.5, 0.6) is 0 Å².